The highest BCUT2D eigenvalue weighted by molar-refractivity contribution is 7.10. The fourth-order valence-corrected chi connectivity index (χ4v) is 4.89. The first kappa shape index (κ1) is 16.5. The number of carbonyl (C=O) groups is 2. The number of aliphatic carboxylic acids is 1. The summed E-state index contributed by atoms with van der Waals surface area (Å²) >= 11 is 1.71. The van der Waals surface area contributed by atoms with Gasteiger partial charge in [-0.15, -0.1) is 11.3 Å². The number of rotatable bonds is 3. The minimum atomic E-state index is -0.785. The Labute approximate surface area is 141 Å². The average Bonchev–Trinajstić information content (AvgIpc) is 2.98. The molecule has 0 aromatic carbocycles. The van der Waals surface area contributed by atoms with Crippen LogP contribution < -0.4 is 0 Å². The van der Waals surface area contributed by atoms with Crippen LogP contribution in [-0.2, 0) is 17.6 Å². The predicted octanol–water partition coefficient (Wildman–Crippen LogP) is 3.59. The lowest BCUT2D eigenvalue weighted by Crippen LogP contribution is -2.47. The molecule has 0 radical (unpaired) electrons. The van der Waals surface area contributed by atoms with Gasteiger partial charge in [0.05, 0.1) is 11.0 Å². The van der Waals surface area contributed by atoms with Crippen LogP contribution in [0.5, 0.6) is 0 Å². The Balaban J connectivity index is 1.78. The highest BCUT2D eigenvalue weighted by atomic mass is 32.1. The topological polar surface area (TPSA) is 57.6 Å². The molecule has 1 fully saturated rings. The molecule has 1 atom stereocenters. The van der Waals surface area contributed by atoms with Gasteiger partial charge in [-0.3, -0.25) is 9.59 Å². The summed E-state index contributed by atoms with van der Waals surface area (Å²) < 4.78 is 0. The Morgan fingerprint density at radius 3 is 2.74 bits per heavy atom. The fraction of sp³-hybridized carbons (Fsp3) is 0.667. The average molecular weight is 335 g/mol. The molecule has 1 aliphatic carbocycles. The fourth-order valence-electron chi connectivity index (χ4n) is 3.77. The SMILES string of the molecule is CC(C)(C(=O)O)[C@H]1CCCN(C(=O)c2csc3c2CCCC3)C1. The van der Waals surface area contributed by atoms with Gasteiger partial charge in [-0.1, -0.05) is 0 Å². The Morgan fingerprint density at radius 1 is 1.26 bits per heavy atom. The second-order valence-corrected chi connectivity index (χ2v) is 8.34. The molecule has 2 aliphatic rings. The van der Waals surface area contributed by atoms with Crippen molar-refractivity contribution in [1.29, 1.82) is 0 Å². The molecule has 23 heavy (non-hydrogen) atoms. The summed E-state index contributed by atoms with van der Waals surface area (Å²) in [5.74, 6) is -0.646. The predicted molar refractivity (Wildman–Crippen MR) is 91.0 cm³/mol. The second-order valence-electron chi connectivity index (χ2n) is 7.38. The van der Waals surface area contributed by atoms with Crippen LogP contribution in [-0.4, -0.2) is 35.0 Å². The molecular weight excluding hydrogens is 310 g/mol. The summed E-state index contributed by atoms with van der Waals surface area (Å²) in [7, 11) is 0. The van der Waals surface area contributed by atoms with E-state index in [-0.39, 0.29) is 11.8 Å². The van der Waals surface area contributed by atoms with Gasteiger partial charge >= 0.3 is 5.97 Å². The van der Waals surface area contributed by atoms with Crippen molar-refractivity contribution in [3.05, 3.63) is 21.4 Å². The Bertz CT molecular complexity index is 620. The zero-order chi connectivity index (χ0) is 16.6. The van der Waals surface area contributed by atoms with Crippen molar-refractivity contribution in [2.75, 3.05) is 13.1 Å². The summed E-state index contributed by atoms with van der Waals surface area (Å²) in [5.41, 5.74) is 1.34. The first-order valence-corrected chi connectivity index (χ1v) is 9.41. The maximum absolute atomic E-state index is 13.0. The summed E-state index contributed by atoms with van der Waals surface area (Å²) in [6.07, 6.45) is 6.27. The normalized spacial score (nSPS) is 21.8. The molecule has 5 heteroatoms. The molecule has 0 saturated carbocycles. The molecule has 1 amide bonds. The Morgan fingerprint density at radius 2 is 2.00 bits per heavy atom. The number of hydrogen-bond acceptors (Lipinski definition) is 3. The van der Waals surface area contributed by atoms with E-state index in [1.807, 2.05) is 10.3 Å². The molecule has 0 unspecified atom stereocenters. The number of thiophene rings is 1. The van der Waals surface area contributed by atoms with Crippen LogP contribution in [0.3, 0.4) is 0 Å². The number of amides is 1. The quantitative estimate of drug-likeness (QED) is 0.918. The van der Waals surface area contributed by atoms with Crippen molar-refractivity contribution in [2.24, 2.45) is 11.3 Å². The highest BCUT2D eigenvalue weighted by Gasteiger charge is 2.40. The van der Waals surface area contributed by atoms with Crippen molar-refractivity contribution >= 4 is 23.2 Å². The molecule has 0 spiro atoms. The third-order valence-electron chi connectivity index (χ3n) is 5.57. The lowest BCUT2D eigenvalue weighted by atomic mass is 9.74. The molecule has 1 N–H and O–H groups in total. The molecule has 1 aromatic rings. The molecule has 2 heterocycles. The van der Waals surface area contributed by atoms with Crippen molar-refractivity contribution in [3.63, 3.8) is 0 Å². The standard InChI is InChI=1S/C18H25NO3S/c1-18(2,17(21)22)12-6-5-9-19(10-12)16(20)14-11-23-15-8-4-3-7-13(14)15/h11-12H,3-10H2,1-2H3,(H,21,22)/t12-/m0/s1. The maximum Gasteiger partial charge on any atom is 0.309 e. The van der Waals surface area contributed by atoms with Gasteiger partial charge in [-0.25, -0.2) is 0 Å². The zero-order valence-corrected chi connectivity index (χ0v) is 14.7. The summed E-state index contributed by atoms with van der Waals surface area (Å²) in [4.78, 5) is 27.7. The number of carbonyl (C=O) groups excluding carboxylic acids is 1. The molecule has 126 valence electrons. The van der Waals surface area contributed by atoms with Crippen molar-refractivity contribution in [1.82, 2.24) is 4.90 Å². The van der Waals surface area contributed by atoms with Gasteiger partial charge in [-0.05, 0) is 63.9 Å². The highest BCUT2D eigenvalue weighted by Crippen LogP contribution is 2.36. The molecule has 0 bridgehead atoms. The lowest BCUT2D eigenvalue weighted by Gasteiger charge is -2.39. The van der Waals surface area contributed by atoms with E-state index in [0.717, 1.165) is 37.8 Å². The monoisotopic (exact) mass is 335 g/mol. The number of carboxylic acid groups (broad SMARTS) is 1. The number of nitrogens with zero attached hydrogens (tertiary/aromatic N) is 1. The van der Waals surface area contributed by atoms with Gasteiger partial charge < -0.3 is 10.0 Å². The van der Waals surface area contributed by atoms with Gasteiger partial charge in [0.25, 0.3) is 5.91 Å². The molecule has 3 rings (SSSR count). The first-order valence-electron chi connectivity index (χ1n) is 8.53. The van der Waals surface area contributed by atoms with Crippen LogP contribution in [0.2, 0.25) is 0 Å². The number of hydrogen-bond donors (Lipinski definition) is 1. The molecule has 4 nitrogen and oxygen atoms in total. The Kier molecular flexibility index (Phi) is 4.50. The van der Waals surface area contributed by atoms with E-state index in [1.165, 1.54) is 23.3 Å². The Hall–Kier alpha value is -1.36. The number of fused-ring (bicyclic) bond motifs is 1. The van der Waals surface area contributed by atoms with Crippen molar-refractivity contribution in [3.8, 4) is 0 Å². The van der Waals surface area contributed by atoms with E-state index in [1.54, 1.807) is 25.2 Å². The van der Waals surface area contributed by atoms with Gasteiger partial charge in [0.1, 0.15) is 0 Å². The number of carboxylic acids is 1. The van der Waals surface area contributed by atoms with E-state index in [2.05, 4.69) is 0 Å². The summed E-state index contributed by atoms with van der Waals surface area (Å²) in [5, 5.41) is 11.5. The number of aryl methyl sites for hydroxylation is 1. The van der Waals surface area contributed by atoms with Crippen LogP contribution in [0.1, 0.15) is 60.3 Å². The van der Waals surface area contributed by atoms with Crippen LogP contribution >= 0.6 is 11.3 Å². The molecule has 1 saturated heterocycles. The van der Waals surface area contributed by atoms with E-state index in [9.17, 15) is 14.7 Å². The van der Waals surface area contributed by atoms with Crippen LogP contribution in [0.15, 0.2) is 5.38 Å². The van der Waals surface area contributed by atoms with Crippen molar-refractivity contribution < 1.29 is 14.7 Å². The van der Waals surface area contributed by atoms with Gasteiger partial charge in [0.2, 0.25) is 0 Å². The van der Waals surface area contributed by atoms with Gasteiger partial charge in [-0.2, -0.15) is 0 Å². The largest absolute Gasteiger partial charge is 0.481 e. The minimum absolute atomic E-state index is 0.0205. The number of likely N-dealkylation sites (tertiary alicyclic amines) is 1. The number of piperidine rings is 1. The van der Waals surface area contributed by atoms with Gasteiger partial charge in [0.15, 0.2) is 0 Å². The minimum Gasteiger partial charge on any atom is -0.481 e. The molecular formula is C18H25NO3S. The molecule has 1 aliphatic heterocycles. The van der Waals surface area contributed by atoms with E-state index in [0.29, 0.717) is 6.54 Å². The van der Waals surface area contributed by atoms with Crippen molar-refractivity contribution in [2.45, 2.75) is 52.4 Å². The summed E-state index contributed by atoms with van der Waals surface area (Å²) in [6.45, 7) is 4.86. The third-order valence-corrected chi connectivity index (χ3v) is 6.66. The molecule has 1 aromatic heterocycles. The zero-order valence-electron chi connectivity index (χ0n) is 13.9. The summed E-state index contributed by atoms with van der Waals surface area (Å²) in [6, 6.07) is 0. The van der Waals surface area contributed by atoms with E-state index >= 15 is 0 Å². The van der Waals surface area contributed by atoms with Crippen LogP contribution in [0.4, 0.5) is 0 Å². The second kappa shape index (κ2) is 6.27. The maximum atomic E-state index is 13.0. The van der Waals surface area contributed by atoms with Crippen LogP contribution in [0.25, 0.3) is 0 Å². The van der Waals surface area contributed by atoms with Gasteiger partial charge in [0, 0.05) is 23.3 Å². The smallest absolute Gasteiger partial charge is 0.309 e. The lowest BCUT2D eigenvalue weighted by molar-refractivity contribution is -0.151. The van der Waals surface area contributed by atoms with E-state index < -0.39 is 11.4 Å². The third kappa shape index (κ3) is 3.03. The first-order chi connectivity index (χ1) is 10.9. The van der Waals surface area contributed by atoms with E-state index in [4.69, 9.17) is 0 Å². The van der Waals surface area contributed by atoms with Crippen LogP contribution in [0, 0.1) is 11.3 Å².